The highest BCUT2D eigenvalue weighted by Crippen LogP contribution is 2.01. The monoisotopic (exact) mass is 195 g/mol. The molecule has 1 aromatic heterocycles. The van der Waals surface area contributed by atoms with Gasteiger partial charge in [0, 0.05) is 12.2 Å². The molecule has 0 aliphatic heterocycles. The Morgan fingerprint density at radius 2 is 2.31 bits per heavy atom. The second-order valence-electron chi connectivity index (χ2n) is 2.99. The summed E-state index contributed by atoms with van der Waals surface area (Å²) >= 11 is 5.06. The van der Waals surface area contributed by atoms with E-state index >= 15 is 0 Å². The van der Waals surface area contributed by atoms with Gasteiger partial charge in [0.1, 0.15) is 0 Å². The molecule has 0 radical (unpaired) electrons. The topological polar surface area (TPSA) is 37.0 Å². The highest BCUT2D eigenvalue weighted by atomic mass is 32.1. The standard InChI is InChI=1S/C9H13N3S/c1-7(2)11-9(13)12-8-4-3-5-10-6-8/h3-7H,1-2H3,(H2,11,12,13). The van der Waals surface area contributed by atoms with E-state index in [-0.39, 0.29) is 0 Å². The van der Waals surface area contributed by atoms with Crippen LogP contribution in [0.25, 0.3) is 0 Å². The zero-order valence-corrected chi connectivity index (χ0v) is 8.56. The number of pyridine rings is 1. The molecule has 13 heavy (non-hydrogen) atoms. The van der Waals surface area contributed by atoms with E-state index in [0.717, 1.165) is 5.69 Å². The summed E-state index contributed by atoms with van der Waals surface area (Å²) in [6.45, 7) is 4.08. The Balaban J connectivity index is 2.46. The number of nitrogens with one attached hydrogen (secondary N) is 2. The van der Waals surface area contributed by atoms with E-state index in [1.807, 2.05) is 26.0 Å². The smallest absolute Gasteiger partial charge is 0.171 e. The summed E-state index contributed by atoms with van der Waals surface area (Å²) in [7, 11) is 0. The number of hydrogen-bond donors (Lipinski definition) is 2. The lowest BCUT2D eigenvalue weighted by Crippen LogP contribution is -2.33. The van der Waals surface area contributed by atoms with Gasteiger partial charge in [0.15, 0.2) is 5.11 Å². The third-order valence-corrected chi connectivity index (χ3v) is 1.56. The fraction of sp³-hybridized carbons (Fsp3) is 0.333. The lowest BCUT2D eigenvalue weighted by Gasteiger charge is -2.12. The summed E-state index contributed by atoms with van der Waals surface area (Å²) in [6.07, 6.45) is 3.46. The van der Waals surface area contributed by atoms with Crippen molar-refractivity contribution < 1.29 is 0 Å². The first-order chi connectivity index (χ1) is 6.18. The molecule has 0 fully saturated rings. The Labute approximate surface area is 83.6 Å². The van der Waals surface area contributed by atoms with Crippen LogP contribution >= 0.6 is 12.2 Å². The van der Waals surface area contributed by atoms with Gasteiger partial charge in [-0.05, 0) is 38.2 Å². The first-order valence-electron chi connectivity index (χ1n) is 4.16. The van der Waals surface area contributed by atoms with E-state index in [1.165, 1.54) is 0 Å². The van der Waals surface area contributed by atoms with Crippen LogP contribution in [0.3, 0.4) is 0 Å². The largest absolute Gasteiger partial charge is 0.360 e. The Bertz CT molecular complexity index is 271. The Morgan fingerprint density at radius 1 is 1.54 bits per heavy atom. The van der Waals surface area contributed by atoms with Gasteiger partial charge >= 0.3 is 0 Å². The highest BCUT2D eigenvalue weighted by Gasteiger charge is 1.97. The number of nitrogens with zero attached hydrogens (tertiary/aromatic N) is 1. The summed E-state index contributed by atoms with van der Waals surface area (Å²) in [5.74, 6) is 0. The van der Waals surface area contributed by atoms with Crippen molar-refractivity contribution in [1.82, 2.24) is 10.3 Å². The molecule has 0 aliphatic rings. The van der Waals surface area contributed by atoms with Crippen molar-refractivity contribution in [3.8, 4) is 0 Å². The van der Waals surface area contributed by atoms with Crippen molar-refractivity contribution in [2.75, 3.05) is 5.32 Å². The van der Waals surface area contributed by atoms with E-state index in [0.29, 0.717) is 11.2 Å². The lowest BCUT2D eigenvalue weighted by atomic mass is 10.4. The van der Waals surface area contributed by atoms with E-state index in [9.17, 15) is 0 Å². The van der Waals surface area contributed by atoms with Gasteiger partial charge in [-0.1, -0.05) is 0 Å². The number of hydrogen-bond acceptors (Lipinski definition) is 2. The Kier molecular flexibility index (Phi) is 3.64. The van der Waals surface area contributed by atoms with Crippen molar-refractivity contribution in [3.63, 3.8) is 0 Å². The Morgan fingerprint density at radius 3 is 2.85 bits per heavy atom. The summed E-state index contributed by atoms with van der Waals surface area (Å²) in [6, 6.07) is 4.12. The molecule has 0 saturated carbocycles. The van der Waals surface area contributed by atoms with Crippen LogP contribution in [0, 0.1) is 0 Å². The predicted octanol–water partition coefficient (Wildman–Crippen LogP) is 1.78. The minimum atomic E-state index is 0.344. The van der Waals surface area contributed by atoms with Crippen LogP contribution in [0.2, 0.25) is 0 Å². The van der Waals surface area contributed by atoms with Crippen LogP contribution in [-0.2, 0) is 0 Å². The zero-order valence-electron chi connectivity index (χ0n) is 7.74. The summed E-state index contributed by atoms with van der Waals surface area (Å²) in [5.41, 5.74) is 0.903. The molecule has 1 aromatic rings. The minimum Gasteiger partial charge on any atom is -0.360 e. The molecule has 2 N–H and O–H groups in total. The van der Waals surface area contributed by atoms with Crippen LogP contribution in [0.4, 0.5) is 5.69 Å². The maximum absolute atomic E-state index is 5.06. The van der Waals surface area contributed by atoms with E-state index < -0.39 is 0 Å². The van der Waals surface area contributed by atoms with Gasteiger partial charge in [-0.2, -0.15) is 0 Å². The number of anilines is 1. The normalized spacial score (nSPS) is 9.77. The lowest BCUT2D eigenvalue weighted by molar-refractivity contribution is 0.739. The molecule has 1 heterocycles. The van der Waals surface area contributed by atoms with E-state index in [1.54, 1.807) is 12.4 Å². The van der Waals surface area contributed by atoms with Gasteiger partial charge in [0.25, 0.3) is 0 Å². The molecule has 0 bridgehead atoms. The van der Waals surface area contributed by atoms with Crippen LogP contribution in [-0.4, -0.2) is 16.1 Å². The van der Waals surface area contributed by atoms with Crippen LogP contribution < -0.4 is 10.6 Å². The van der Waals surface area contributed by atoms with E-state index in [4.69, 9.17) is 12.2 Å². The third-order valence-electron chi connectivity index (χ3n) is 1.34. The molecule has 0 saturated heterocycles. The Hall–Kier alpha value is -1.16. The van der Waals surface area contributed by atoms with Crippen molar-refractivity contribution in [2.24, 2.45) is 0 Å². The van der Waals surface area contributed by atoms with Crippen molar-refractivity contribution in [1.29, 1.82) is 0 Å². The van der Waals surface area contributed by atoms with Crippen LogP contribution in [0.1, 0.15) is 13.8 Å². The van der Waals surface area contributed by atoms with Gasteiger partial charge in [-0.15, -0.1) is 0 Å². The zero-order chi connectivity index (χ0) is 9.68. The van der Waals surface area contributed by atoms with Gasteiger partial charge in [0.2, 0.25) is 0 Å². The van der Waals surface area contributed by atoms with Gasteiger partial charge in [0.05, 0.1) is 11.9 Å². The highest BCUT2D eigenvalue weighted by molar-refractivity contribution is 7.80. The van der Waals surface area contributed by atoms with Crippen molar-refractivity contribution >= 4 is 23.0 Å². The molecule has 0 aliphatic carbocycles. The molecular formula is C9H13N3S. The van der Waals surface area contributed by atoms with Gasteiger partial charge in [-0.3, -0.25) is 4.98 Å². The van der Waals surface area contributed by atoms with Crippen molar-refractivity contribution in [2.45, 2.75) is 19.9 Å². The van der Waals surface area contributed by atoms with Gasteiger partial charge in [-0.25, -0.2) is 0 Å². The third kappa shape index (κ3) is 3.85. The molecule has 70 valence electrons. The number of thiocarbonyl (C=S) groups is 1. The second-order valence-corrected chi connectivity index (χ2v) is 3.40. The summed E-state index contributed by atoms with van der Waals surface area (Å²) in [4.78, 5) is 3.97. The molecule has 1 rings (SSSR count). The van der Waals surface area contributed by atoms with Gasteiger partial charge < -0.3 is 10.6 Å². The molecule has 0 amide bonds. The minimum absolute atomic E-state index is 0.344. The van der Waals surface area contributed by atoms with E-state index in [2.05, 4.69) is 15.6 Å². The van der Waals surface area contributed by atoms with Crippen LogP contribution in [0.15, 0.2) is 24.5 Å². The quantitative estimate of drug-likeness (QED) is 0.705. The molecule has 0 unspecified atom stereocenters. The van der Waals surface area contributed by atoms with Crippen molar-refractivity contribution in [3.05, 3.63) is 24.5 Å². The molecule has 0 atom stereocenters. The molecule has 0 aromatic carbocycles. The average molecular weight is 195 g/mol. The SMILES string of the molecule is CC(C)NC(=S)Nc1cccnc1. The fourth-order valence-corrected chi connectivity index (χ4v) is 1.22. The second kappa shape index (κ2) is 4.77. The average Bonchev–Trinajstić information content (AvgIpc) is 2.04. The maximum atomic E-state index is 5.06. The fourth-order valence-electron chi connectivity index (χ4n) is 0.866. The predicted molar refractivity (Wildman–Crippen MR) is 58.7 cm³/mol. The molecule has 3 nitrogen and oxygen atoms in total. The maximum Gasteiger partial charge on any atom is 0.171 e. The molecule has 0 spiro atoms. The molecular weight excluding hydrogens is 182 g/mol. The number of aromatic nitrogens is 1. The summed E-state index contributed by atoms with van der Waals surface area (Å²) < 4.78 is 0. The first-order valence-corrected chi connectivity index (χ1v) is 4.57. The van der Waals surface area contributed by atoms with Crippen LogP contribution in [0.5, 0.6) is 0 Å². The first kappa shape index (κ1) is 9.92. The number of rotatable bonds is 2. The summed E-state index contributed by atoms with van der Waals surface area (Å²) in [5, 5.41) is 6.74. The molecule has 4 heteroatoms.